The molecule has 1 amide bonds. The minimum absolute atomic E-state index is 0.0506. The summed E-state index contributed by atoms with van der Waals surface area (Å²) < 4.78 is 18.9. The normalized spacial score (nSPS) is 17.8. The molecular formula is C26H34FN5O2. The van der Waals surface area contributed by atoms with Crippen molar-refractivity contribution in [3.05, 3.63) is 41.8 Å². The number of benzene rings is 1. The smallest absolute Gasteiger partial charge is 0.407 e. The van der Waals surface area contributed by atoms with Gasteiger partial charge < -0.3 is 20.7 Å². The van der Waals surface area contributed by atoms with Crippen LogP contribution in [0, 0.1) is 23.6 Å². The van der Waals surface area contributed by atoms with Crippen molar-refractivity contribution < 1.29 is 13.9 Å². The number of rotatable bonds is 6. The Morgan fingerprint density at radius 3 is 2.85 bits per heavy atom. The third-order valence-electron chi connectivity index (χ3n) is 5.22. The van der Waals surface area contributed by atoms with Crippen LogP contribution in [0.25, 0.3) is 0 Å². The van der Waals surface area contributed by atoms with Gasteiger partial charge in [0.1, 0.15) is 17.2 Å². The first-order chi connectivity index (χ1) is 16.2. The van der Waals surface area contributed by atoms with Crippen LogP contribution >= 0.6 is 0 Å². The summed E-state index contributed by atoms with van der Waals surface area (Å²) in [5.74, 6) is 7.43. The number of halogens is 1. The van der Waals surface area contributed by atoms with Gasteiger partial charge in [-0.05, 0) is 64.7 Å². The Bertz CT molecular complexity index is 1040. The first-order valence-electron chi connectivity index (χ1n) is 11.9. The van der Waals surface area contributed by atoms with E-state index >= 15 is 0 Å². The molecule has 1 fully saturated rings. The molecule has 1 aliphatic rings. The van der Waals surface area contributed by atoms with E-state index in [1.807, 2.05) is 20.8 Å². The average Bonchev–Trinajstić information content (AvgIpc) is 2.76. The maximum atomic E-state index is 13.5. The molecule has 34 heavy (non-hydrogen) atoms. The average molecular weight is 468 g/mol. The highest BCUT2D eigenvalue weighted by atomic mass is 19.1. The Labute approximate surface area is 201 Å². The molecule has 8 heteroatoms. The highest BCUT2D eigenvalue weighted by Crippen LogP contribution is 2.25. The second-order valence-corrected chi connectivity index (χ2v) is 9.49. The summed E-state index contributed by atoms with van der Waals surface area (Å²) in [5.41, 5.74) is 0.765. The first kappa shape index (κ1) is 25.3. The quantitative estimate of drug-likeness (QED) is 0.478. The highest BCUT2D eigenvalue weighted by Gasteiger charge is 2.24. The van der Waals surface area contributed by atoms with Crippen molar-refractivity contribution in [1.29, 1.82) is 0 Å². The Hall–Kier alpha value is -3.34. The number of carbonyl (C=O) groups excluding carboxylic acids is 1. The van der Waals surface area contributed by atoms with Gasteiger partial charge in [0.2, 0.25) is 5.95 Å². The zero-order valence-electron chi connectivity index (χ0n) is 20.4. The van der Waals surface area contributed by atoms with Crippen LogP contribution in [0.2, 0.25) is 0 Å². The number of anilines is 3. The lowest BCUT2D eigenvalue weighted by Gasteiger charge is -2.28. The molecule has 1 aromatic heterocycles. The van der Waals surface area contributed by atoms with Crippen molar-refractivity contribution in [1.82, 2.24) is 15.3 Å². The van der Waals surface area contributed by atoms with Crippen LogP contribution < -0.4 is 16.0 Å². The van der Waals surface area contributed by atoms with Gasteiger partial charge in [0.15, 0.2) is 0 Å². The lowest BCUT2D eigenvalue weighted by molar-refractivity contribution is 0.0489. The molecule has 2 aromatic rings. The van der Waals surface area contributed by atoms with E-state index in [0.29, 0.717) is 23.0 Å². The number of nitrogens with zero attached hydrogens (tertiary/aromatic N) is 2. The van der Waals surface area contributed by atoms with Crippen molar-refractivity contribution in [2.24, 2.45) is 5.92 Å². The van der Waals surface area contributed by atoms with Gasteiger partial charge in [0, 0.05) is 24.2 Å². The standard InChI is InChI=1S/C26H34FN5O2/c1-5-14-28-23-19(17-29-24(32-23)30-22-11-7-9-20(27)16-22)13-12-18-8-6-10-21(15-18)31-25(33)34-26(2,3)4/h7,9,11,16-18,21H,5-6,8,10,14-15H2,1-4H3,(H,31,33)(H2,28,29,30,32)/t18?,21-/m0/s1. The maximum Gasteiger partial charge on any atom is 0.407 e. The Kier molecular flexibility index (Phi) is 8.69. The van der Waals surface area contributed by atoms with Crippen LogP contribution in [0.1, 0.15) is 65.4 Å². The molecular weight excluding hydrogens is 433 g/mol. The van der Waals surface area contributed by atoms with Crippen molar-refractivity contribution >= 4 is 23.5 Å². The van der Waals surface area contributed by atoms with Crippen LogP contribution in [-0.2, 0) is 4.74 Å². The molecule has 1 heterocycles. The Balaban J connectivity index is 1.69. The molecule has 1 unspecified atom stereocenters. The van der Waals surface area contributed by atoms with E-state index in [2.05, 4.69) is 44.7 Å². The monoisotopic (exact) mass is 467 g/mol. The number of ether oxygens (including phenoxy) is 1. The fourth-order valence-electron chi connectivity index (χ4n) is 3.71. The van der Waals surface area contributed by atoms with Gasteiger partial charge in [0.05, 0.1) is 11.8 Å². The van der Waals surface area contributed by atoms with Crippen molar-refractivity contribution in [3.63, 3.8) is 0 Å². The largest absolute Gasteiger partial charge is 0.444 e. The van der Waals surface area contributed by atoms with E-state index in [9.17, 15) is 9.18 Å². The molecule has 3 rings (SSSR count). The lowest BCUT2D eigenvalue weighted by Crippen LogP contribution is -2.41. The molecule has 1 aliphatic carbocycles. The van der Waals surface area contributed by atoms with Gasteiger partial charge in [-0.2, -0.15) is 4.98 Å². The molecule has 1 saturated carbocycles. The molecule has 7 nitrogen and oxygen atoms in total. The molecule has 3 N–H and O–H groups in total. The zero-order valence-corrected chi connectivity index (χ0v) is 20.4. The van der Waals surface area contributed by atoms with Crippen LogP contribution in [-0.4, -0.2) is 34.2 Å². The minimum Gasteiger partial charge on any atom is -0.444 e. The predicted octanol–water partition coefficient (Wildman–Crippen LogP) is 5.62. The summed E-state index contributed by atoms with van der Waals surface area (Å²) in [4.78, 5) is 21.0. The summed E-state index contributed by atoms with van der Waals surface area (Å²) >= 11 is 0. The Morgan fingerprint density at radius 2 is 2.12 bits per heavy atom. The molecule has 0 aliphatic heterocycles. The lowest BCUT2D eigenvalue weighted by atomic mass is 9.86. The SMILES string of the molecule is CCCNc1nc(Nc2cccc(F)c2)ncc1C#CC1CCC[C@H](NC(=O)OC(C)(C)C)C1. The summed E-state index contributed by atoms with van der Waals surface area (Å²) in [6.45, 7) is 8.38. The van der Waals surface area contributed by atoms with E-state index in [0.717, 1.165) is 38.6 Å². The van der Waals surface area contributed by atoms with E-state index in [1.165, 1.54) is 12.1 Å². The van der Waals surface area contributed by atoms with Gasteiger partial charge in [-0.3, -0.25) is 0 Å². The van der Waals surface area contributed by atoms with Gasteiger partial charge in [-0.1, -0.05) is 31.3 Å². The van der Waals surface area contributed by atoms with Crippen LogP contribution in [0.15, 0.2) is 30.5 Å². The number of alkyl carbamates (subject to hydrolysis) is 1. The first-order valence-corrected chi connectivity index (χ1v) is 11.9. The minimum atomic E-state index is -0.518. The van der Waals surface area contributed by atoms with E-state index in [1.54, 1.807) is 18.3 Å². The third-order valence-corrected chi connectivity index (χ3v) is 5.22. The van der Waals surface area contributed by atoms with E-state index in [4.69, 9.17) is 4.74 Å². The van der Waals surface area contributed by atoms with Gasteiger partial charge in [0.25, 0.3) is 0 Å². The number of hydrogen-bond acceptors (Lipinski definition) is 6. The van der Waals surface area contributed by atoms with Gasteiger partial charge in [-0.25, -0.2) is 14.2 Å². The van der Waals surface area contributed by atoms with Gasteiger partial charge in [-0.15, -0.1) is 0 Å². The predicted molar refractivity (Wildman–Crippen MR) is 132 cm³/mol. The van der Waals surface area contributed by atoms with Gasteiger partial charge >= 0.3 is 6.09 Å². The molecule has 1 aromatic carbocycles. The summed E-state index contributed by atoms with van der Waals surface area (Å²) in [5, 5.41) is 9.31. The van der Waals surface area contributed by atoms with E-state index in [-0.39, 0.29) is 23.9 Å². The molecule has 2 atom stereocenters. The van der Waals surface area contributed by atoms with E-state index < -0.39 is 5.60 Å². The van der Waals surface area contributed by atoms with Crippen LogP contribution in [0.4, 0.5) is 26.6 Å². The second kappa shape index (κ2) is 11.7. The fraction of sp³-hybridized carbons (Fsp3) is 0.500. The molecule has 0 bridgehead atoms. The number of hydrogen-bond donors (Lipinski definition) is 3. The number of nitrogens with one attached hydrogen (secondary N) is 3. The van der Waals surface area contributed by atoms with Crippen molar-refractivity contribution in [2.75, 3.05) is 17.2 Å². The molecule has 0 saturated heterocycles. The summed E-state index contributed by atoms with van der Waals surface area (Å²) in [6, 6.07) is 6.21. The second-order valence-electron chi connectivity index (χ2n) is 9.49. The Morgan fingerprint density at radius 1 is 1.29 bits per heavy atom. The van der Waals surface area contributed by atoms with Crippen LogP contribution in [0.3, 0.4) is 0 Å². The summed E-state index contributed by atoms with van der Waals surface area (Å²) in [7, 11) is 0. The number of amides is 1. The highest BCUT2D eigenvalue weighted by molar-refractivity contribution is 5.68. The number of aromatic nitrogens is 2. The van der Waals surface area contributed by atoms with Crippen LogP contribution in [0.5, 0.6) is 0 Å². The molecule has 0 radical (unpaired) electrons. The fourth-order valence-corrected chi connectivity index (χ4v) is 3.71. The zero-order chi connectivity index (χ0) is 24.6. The molecule has 182 valence electrons. The summed E-state index contributed by atoms with van der Waals surface area (Å²) in [6.07, 6.45) is 5.91. The number of carbonyl (C=O) groups is 1. The van der Waals surface area contributed by atoms with Crippen molar-refractivity contribution in [2.45, 2.75) is 71.4 Å². The topological polar surface area (TPSA) is 88.2 Å². The van der Waals surface area contributed by atoms with Crippen molar-refractivity contribution in [3.8, 4) is 11.8 Å². The molecule has 0 spiro atoms. The maximum absolute atomic E-state index is 13.5. The third kappa shape index (κ3) is 8.22.